The van der Waals surface area contributed by atoms with Crippen LogP contribution < -0.4 is 10.5 Å². The van der Waals surface area contributed by atoms with Gasteiger partial charge in [0.25, 0.3) is 11.5 Å². The molecule has 1 N–H and O–H groups in total. The van der Waals surface area contributed by atoms with Crippen LogP contribution in [0.3, 0.4) is 0 Å². The minimum atomic E-state index is -0.911. The normalized spacial score (nSPS) is 11.8. The van der Waals surface area contributed by atoms with Crippen molar-refractivity contribution in [3.8, 4) is 0 Å². The zero-order chi connectivity index (χ0) is 20.8. The van der Waals surface area contributed by atoms with Crippen LogP contribution in [0, 0.1) is 0 Å². The predicted octanol–water partition coefficient (Wildman–Crippen LogP) is 2.84. The summed E-state index contributed by atoms with van der Waals surface area (Å²) in [6.45, 7) is 3.89. The van der Waals surface area contributed by atoms with Gasteiger partial charge in [-0.05, 0) is 38.1 Å². The molecule has 0 saturated carbocycles. The molecular weight excluding hydrogens is 370 g/mol. The molecule has 1 aromatic heterocycles. The molecule has 0 spiro atoms. The molecule has 2 aromatic carbocycles. The summed E-state index contributed by atoms with van der Waals surface area (Å²) in [5, 5.41) is 0.499. The van der Waals surface area contributed by atoms with E-state index in [4.69, 9.17) is 4.74 Å². The van der Waals surface area contributed by atoms with Gasteiger partial charge in [-0.3, -0.25) is 14.4 Å². The Labute approximate surface area is 168 Å². The fraction of sp³-hybridized carbons (Fsp3) is 0.273. The number of para-hydroxylation sites is 2. The van der Waals surface area contributed by atoms with E-state index in [2.05, 4.69) is 9.97 Å². The van der Waals surface area contributed by atoms with Crippen molar-refractivity contribution in [2.24, 2.45) is 0 Å². The molecule has 3 aromatic rings. The maximum absolute atomic E-state index is 12.7. The van der Waals surface area contributed by atoms with Gasteiger partial charge in [-0.15, -0.1) is 0 Å². The summed E-state index contributed by atoms with van der Waals surface area (Å²) in [5.74, 6) is -0.404. The minimum Gasteiger partial charge on any atom is -0.453 e. The third-order valence-corrected chi connectivity index (χ3v) is 4.53. The van der Waals surface area contributed by atoms with Crippen LogP contribution in [0.2, 0.25) is 0 Å². The van der Waals surface area contributed by atoms with Gasteiger partial charge in [0, 0.05) is 18.7 Å². The van der Waals surface area contributed by atoms with E-state index in [-0.39, 0.29) is 24.3 Å². The molecule has 1 heterocycles. The summed E-state index contributed by atoms with van der Waals surface area (Å²) in [6.07, 6.45) is -0.682. The van der Waals surface area contributed by atoms with E-state index in [1.54, 1.807) is 36.1 Å². The zero-order valence-electron chi connectivity index (χ0n) is 16.4. The van der Waals surface area contributed by atoms with Gasteiger partial charge in [-0.1, -0.05) is 30.3 Å². The largest absolute Gasteiger partial charge is 0.453 e. The molecule has 3 rings (SSSR count). The van der Waals surface area contributed by atoms with Crippen LogP contribution in [-0.2, 0) is 20.7 Å². The quantitative estimate of drug-likeness (QED) is 0.623. The molecule has 0 saturated heterocycles. The molecule has 0 fully saturated rings. The van der Waals surface area contributed by atoms with Gasteiger partial charge in [0.1, 0.15) is 5.82 Å². The van der Waals surface area contributed by atoms with Crippen molar-refractivity contribution in [3.05, 3.63) is 70.8 Å². The number of ether oxygens (including phenoxy) is 1. The minimum absolute atomic E-state index is 0.0103. The van der Waals surface area contributed by atoms with Gasteiger partial charge < -0.3 is 14.6 Å². The number of fused-ring (bicyclic) bond motifs is 1. The van der Waals surface area contributed by atoms with Gasteiger partial charge in [0.2, 0.25) is 0 Å². The number of rotatable bonds is 7. The Hall–Kier alpha value is -3.48. The number of nitrogens with zero attached hydrogens (tertiary/aromatic N) is 2. The number of carbonyl (C=O) groups excluding carboxylic acids is 2. The summed E-state index contributed by atoms with van der Waals surface area (Å²) in [5.41, 5.74) is 1.08. The van der Waals surface area contributed by atoms with Crippen LogP contribution in [-0.4, -0.2) is 34.5 Å². The summed E-state index contributed by atoms with van der Waals surface area (Å²) in [6, 6.07) is 16.2. The fourth-order valence-electron chi connectivity index (χ4n) is 3.07. The van der Waals surface area contributed by atoms with E-state index in [0.29, 0.717) is 23.3 Å². The first kappa shape index (κ1) is 20.3. The van der Waals surface area contributed by atoms with Crippen LogP contribution in [0.4, 0.5) is 5.69 Å². The van der Waals surface area contributed by atoms with Crippen LogP contribution in [0.5, 0.6) is 0 Å². The van der Waals surface area contributed by atoms with E-state index in [1.165, 1.54) is 0 Å². The van der Waals surface area contributed by atoms with E-state index in [9.17, 15) is 14.4 Å². The molecule has 29 heavy (non-hydrogen) atoms. The second kappa shape index (κ2) is 9.14. The van der Waals surface area contributed by atoms with Crippen molar-refractivity contribution >= 4 is 28.5 Å². The summed E-state index contributed by atoms with van der Waals surface area (Å²) in [7, 11) is 0. The first-order valence-electron chi connectivity index (χ1n) is 9.53. The number of hydrogen-bond acceptors (Lipinski definition) is 5. The lowest BCUT2D eigenvalue weighted by Crippen LogP contribution is -2.40. The Morgan fingerprint density at radius 3 is 2.52 bits per heavy atom. The van der Waals surface area contributed by atoms with Gasteiger partial charge in [-0.25, -0.2) is 4.98 Å². The third kappa shape index (κ3) is 4.87. The van der Waals surface area contributed by atoms with Crippen molar-refractivity contribution in [2.75, 3.05) is 11.4 Å². The number of aryl methyl sites for hydroxylation is 1. The standard InChI is InChI=1S/C22H23N3O4/c1-3-25(16-9-5-4-6-10-16)22(28)15(2)29-20(26)14-13-19-23-18-12-8-7-11-17(18)21(27)24-19/h4-12,15H,3,13-14H2,1-2H3,(H,23,24,27)/t15-/m1/s1. The number of aromatic amines is 1. The van der Waals surface area contributed by atoms with Crippen molar-refractivity contribution in [1.29, 1.82) is 0 Å². The first-order chi connectivity index (χ1) is 14.0. The van der Waals surface area contributed by atoms with Crippen molar-refractivity contribution in [1.82, 2.24) is 9.97 Å². The Morgan fingerprint density at radius 2 is 1.79 bits per heavy atom. The molecule has 0 aliphatic carbocycles. The van der Waals surface area contributed by atoms with E-state index in [1.807, 2.05) is 37.3 Å². The molecule has 0 aliphatic heterocycles. The molecular formula is C22H23N3O4. The van der Waals surface area contributed by atoms with Crippen LogP contribution in [0.15, 0.2) is 59.4 Å². The number of anilines is 1. The lowest BCUT2D eigenvalue weighted by Gasteiger charge is -2.24. The highest BCUT2D eigenvalue weighted by molar-refractivity contribution is 5.97. The number of likely N-dealkylation sites (N-methyl/N-ethyl adjacent to an activating group) is 1. The number of nitrogens with one attached hydrogen (secondary N) is 1. The molecule has 0 bridgehead atoms. The van der Waals surface area contributed by atoms with Crippen LogP contribution >= 0.6 is 0 Å². The second-order valence-corrected chi connectivity index (χ2v) is 6.58. The van der Waals surface area contributed by atoms with Crippen molar-refractivity contribution < 1.29 is 14.3 Å². The number of esters is 1. The van der Waals surface area contributed by atoms with E-state index < -0.39 is 12.1 Å². The number of benzene rings is 2. The average molecular weight is 393 g/mol. The monoisotopic (exact) mass is 393 g/mol. The maximum atomic E-state index is 12.7. The third-order valence-electron chi connectivity index (χ3n) is 4.53. The predicted molar refractivity (Wildman–Crippen MR) is 111 cm³/mol. The number of carbonyl (C=O) groups is 2. The highest BCUT2D eigenvalue weighted by Crippen LogP contribution is 2.15. The Bertz CT molecular complexity index is 1060. The second-order valence-electron chi connectivity index (χ2n) is 6.58. The van der Waals surface area contributed by atoms with Gasteiger partial charge in [0.05, 0.1) is 17.3 Å². The highest BCUT2D eigenvalue weighted by atomic mass is 16.5. The summed E-state index contributed by atoms with van der Waals surface area (Å²) in [4.78, 5) is 45.6. The molecule has 150 valence electrons. The van der Waals surface area contributed by atoms with E-state index >= 15 is 0 Å². The Morgan fingerprint density at radius 1 is 1.10 bits per heavy atom. The molecule has 0 unspecified atom stereocenters. The summed E-state index contributed by atoms with van der Waals surface area (Å²) < 4.78 is 5.31. The Kier molecular flexibility index (Phi) is 6.39. The smallest absolute Gasteiger partial charge is 0.307 e. The average Bonchev–Trinajstić information content (AvgIpc) is 2.73. The lowest BCUT2D eigenvalue weighted by atomic mass is 10.2. The molecule has 1 atom stereocenters. The SMILES string of the molecule is CCN(C(=O)[C@@H](C)OC(=O)CCc1nc2ccccc2c(=O)[nH]1)c1ccccc1. The topological polar surface area (TPSA) is 92.4 Å². The molecule has 0 aliphatic rings. The van der Waals surface area contributed by atoms with Gasteiger partial charge >= 0.3 is 5.97 Å². The number of H-pyrrole nitrogens is 1. The van der Waals surface area contributed by atoms with Crippen LogP contribution in [0.1, 0.15) is 26.1 Å². The van der Waals surface area contributed by atoms with Gasteiger partial charge in [-0.2, -0.15) is 0 Å². The fourth-order valence-corrected chi connectivity index (χ4v) is 3.07. The lowest BCUT2D eigenvalue weighted by molar-refractivity contribution is -0.153. The highest BCUT2D eigenvalue weighted by Gasteiger charge is 2.24. The van der Waals surface area contributed by atoms with Gasteiger partial charge in [0.15, 0.2) is 6.10 Å². The van der Waals surface area contributed by atoms with Crippen LogP contribution in [0.25, 0.3) is 10.9 Å². The first-order valence-corrected chi connectivity index (χ1v) is 9.53. The number of hydrogen-bond donors (Lipinski definition) is 1. The zero-order valence-corrected chi connectivity index (χ0v) is 16.4. The number of amides is 1. The molecule has 7 heteroatoms. The maximum Gasteiger partial charge on any atom is 0.307 e. The van der Waals surface area contributed by atoms with Crippen molar-refractivity contribution in [3.63, 3.8) is 0 Å². The Balaban J connectivity index is 1.60. The van der Waals surface area contributed by atoms with E-state index in [0.717, 1.165) is 5.69 Å². The summed E-state index contributed by atoms with van der Waals surface area (Å²) >= 11 is 0. The van der Waals surface area contributed by atoms with Crippen molar-refractivity contribution in [2.45, 2.75) is 32.8 Å². The molecule has 0 radical (unpaired) electrons. The molecule has 1 amide bonds. The molecule has 7 nitrogen and oxygen atoms in total. The number of aromatic nitrogens is 2.